The van der Waals surface area contributed by atoms with Gasteiger partial charge in [-0.3, -0.25) is 10.3 Å². The highest BCUT2D eigenvalue weighted by atomic mass is 16.5. The molecule has 0 bridgehead atoms. The van der Waals surface area contributed by atoms with Crippen molar-refractivity contribution in [2.75, 3.05) is 13.2 Å². The maximum Gasteiger partial charge on any atom is 0.180 e. The molecule has 2 unspecified atom stereocenters. The van der Waals surface area contributed by atoms with Gasteiger partial charge in [0.2, 0.25) is 0 Å². The van der Waals surface area contributed by atoms with Crippen LogP contribution in [0.1, 0.15) is 43.4 Å². The first-order chi connectivity index (χ1) is 13.7. The molecular weight excluding hydrogens is 372 g/mol. The van der Waals surface area contributed by atoms with Crippen LogP contribution >= 0.6 is 0 Å². The Morgan fingerprint density at radius 1 is 1.10 bits per heavy atom. The van der Waals surface area contributed by atoms with Crippen molar-refractivity contribution in [1.29, 1.82) is 0 Å². The number of aliphatic hydroxyl groups excluding tert-OH is 2. The van der Waals surface area contributed by atoms with Gasteiger partial charge < -0.3 is 24.8 Å². The monoisotopic (exact) mass is 404 g/mol. The number of hydrogen-bond acceptors (Lipinski definition) is 7. The summed E-state index contributed by atoms with van der Waals surface area (Å²) >= 11 is 0. The Bertz CT molecular complexity index is 767. The average molecular weight is 405 g/mol. The summed E-state index contributed by atoms with van der Waals surface area (Å²) in [5.74, 6) is 1.62. The maximum absolute atomic E-state index is 10.3. The summed E-state index contributed by atoms with van der Waals surface area (Å²) in [4.78, 5) is 4.08. The number of ether oxygens (including phenoxy) is 2. The van der Waals surface area contributed by atoms with Crippen molar-refractivity contribution in [3.8, 4) is 11.5 Å². The molecule has 0 aliphatic carbocycles. The van der Waals surface area contributed by atoms with E-state index in [1.54, 1.807) is 6.92 Å². The van der Waals surface area contributed by atoms with Gasteiger partial charge in [-0.15, -0.1) is 0 Å². The normalized spacial score (nSPS) is 13.6. The second kappa shape index (κ2) is 11.1. The Hall–Kier alpha value is -2.19. The number of rotatable bonds is 11. The molecule has 1 aromatic heterocycles. The molecule has 0 amide bonds. The third-order valence-corrected chi connectivity index (χ3v) is 4.33. The van der Waals surface area contributed by atoms with E-state index < -0.39 is 12.4 Å². The smallest absolute Gasteiger partial charge is 0.180 e. The zero-order valence-corrected chi connectivity index (χ0v) is 17.5. The molecule has 0 aliphatic rings. The van der Waals surface area contributed by atoms with Crippen LogP contribution in [0, 0.1) is 19.8 Å². The van der Waals surface area contributed by atoms with Gasteiger partial charge in [-0.25, -0.2) is 0 Å². The summed E-state index contributed by atoms with van der Waals surface area (Å²) in [6.07, 6.45) is -0.450. The van der Waals surface area contributed by atoms with Crippen LogP contribution in [0.3, 0.4) is 0 Å². The molecule has 2 rings (SSSR count). The minimum Gasteiger partial charge on any atom is -0.489 e. The van der Waals surface area contributed by atoms with E-state index in [4.69, 9.17) is 9.47 Å². The van der Waals surface area contributed by atoms with Gasteiger partial charge in [0, 0.05) is 24.7 Å². The number of hydrogen-bond donors (Lipinski definition) is 4. The molecule has 7 heteroatoms. The van der Waals surface area contributed by atoms with E-state index in [2.05, 4.69) is 24.1 Å². The van der Waals surface area contributed by atoms with Crippen molar-refractivity contribution < 1.29 is 24.8 Å². The average Bonchev–Trinajstić information content (AvgIpc) is 2.65. The second-order valence-electron chi connectivity index (χ2n) is 7.65. The van der Waals surface area contributed by atoms with Gasteiger partial charge in [-0.2, -0.15) is 0 Å². The molecule has 4 N–H and O–H groups in total. The quantitative estimate of drug-likeness (QED) is 0.427. The summed E-state index contributed by atoms with van der Waals surface area (Å²) in [5, 5.41) is 32.1. The van der Waals surface area contributed by atoms with Crippen LogP contribution in [0.4, 0.5) is 0 Å². The van der Waals surface area contributed by atoms with Crippen molar-refractivity contribution in [2.24, 2.45) is 5.92 Å². The first kappa shape index (κ1) is 23.1. The number of aromatic nitrogens is 1. The zero-order valence-electron chi connectivity index (χ0n) is 17.5. The van der Waals surface area contributed by atoms with Crippen molar-refractivity contribution >= 4 is 0 Å². The van der Waals surface area contributed by atoms with E-state index >= 15 is 0 Å². The lowest BCUT2D eigenvalue weighted by Crippen LogP contribution is -2.42. The van der Waals surface area contributed by atoms with E-state index in [-0.39, 0.29) is 24.9 Å². The van der Waals surface area contributed by atoms with Gasteiger partial charge in [0.05, 0.1) is 5.69 Å². The van der Waals surface area contributed by atoms with Crippen molar-refractivity contribution in [3.05, 3.63) is 53.3 Å². The Morgan fingerprint density at radius 2 is 1.86 bits per heavy atom. The van der Waals surface area contributed by atoms with Gasteiger partial charge >= 0.3 is 0 Å². The summed E-state index contributed by atoms with van der Waals surface area (Å²) in [6.45, 7) is 8.33. The summed E-state index contributed by atoms with van der Waals surface area (Å²) in [5.41, 5.74) is 1.97. The molecular formula is C22H32N2O5. The molecule has 2 aromatic rings. The SMILES string of the molecule is Cc1cccc(OC(CC(C)C)NCC(O)COc2cc(C(O)O)cnc2C)c1. The maximum atomic E-state index is 10.3. The standard InChI is InChI=1S/C22H32N2O5/c1-14(2)8-21(29-19-7-5-6-15(3)9-19)24-12-18(25)13-28-20-10-17(22(26)27)11-23-16(20)4/h5-7,9-11,14,18,21-22,24-27H,8,12-13H2,1-4H3. The summed E-state index contributed by atoms with van der Waals surface area (Å²) in [6, 6.07) is 9.37. The molecule has 0 radical (unpaired) electrons. The fraction of sp³-hybridized carbons (Fsp3) is 0.500. The largest absolute Gasteiger partial charge is 0.489 e. The van der Waals surface area contributed by atoms with E-state index in [9.17, 15) is 15.3 Å². The third-order valence-electron chi connectivity index (χ3n) is 4.33. The molecule has 0 fully saturated rings. The van der Waals surface area contributed by atoms with E-state index in [0.29, 0.717) is 17.4 Å². The minimum atomic E-state index is -1.62. The van der Waals surface area contributed by atoms with Crippen LogP contribution in [0.15, 0.2) is 36.5 Å². The molecule has 0 saturated carbocycles. The lowest BCUT2D eigenvalue weighted by molar-refractivity contribution is -0.0429. The van der Waals surface area contributed by atoms with E-state index in [1.807, 2.05) is 31.2 Å². The number of nitrogens with one attached hydrogen (secondary N) is 1. The van der Waals surface area contributed by atoms with Crippen LogP contribution in [-0.2, 0) is 0 Å². The van der Waals surface area contributed by atoms with E-state index in [1.165, 1.54) is 12.3 Å². The molecule has 0 saturated heterocycles. The fourth-order valence-corrected chi connectivity index (χ4v) is 2.78. The lowest BCUT2D eigenvalue weighted by Gasteiger charge is -2.24. The summed E-state index contributed by atoms with van der Waals surface area (Å²) < 4.78 is 11.7. The Labute approximate surface area is 172 Å². The predicted octanol–water partition coefficient (Wildman–Crippen LogP) is 2.46. The summed E-state index contributed by atoms with van der Waals surface area (Å²) in [7, 11) is 0. The fourth-order valence-electron chi connectivity index (χ4n) is 2.78. The number of benzene rings is 1. The predicted molar refractivity (Wildman–Crippen MR) is 111 cm³/mol. The minimum absolute atomic E-state index is 0.0410. The molecule has 1 aromatic carbocycles. The van der Waals surface area contributed by atoms with Crippen LogP contribution in [0.2, 0.25) is 0 Å². The Kier molecular flexibility index (Phi) is 8.85. The van der Waals surface area contributed by atoms with Gasteiger partial charge in [-0.05, 0) is 43.5 Å². The number of aliphatic hydroxyl groups is 3. The molecule has 0 aliphatic heterocycles. The van der Waals surface area contributed by atoms with Crippen LogP contribution < -0.4 is 14.8 Å². The Morgan fingerprint density at radius 3 is 2.52 bits per heavy atom. The lowest BCUT2D eigenvalue weighted by atomic mass is 10.1. The van der Waals surface area contributed by atoms with Crippen LogP contribution in [0.5, 0.6) is 11.5 Å². The van der Waals surface area contributed by atoms with Crippen molar-refractivity contribution in [3.63, 3.8) is 0 Å². The number of nitrogens with zero attached hydrogens (tertiary/aromatic N) is 1. The molecule has 2 atom stereocenters. The highest BCUT2D eigenvalue weighted by molar-refractivity contribution is 5.31. The molecule has 29 heavy (non-hydrogen) atoms. The topological polar surface area (TPSA) is 104 Å². The molecule has 1 heterocycles. The van der Waals surface area contributed by atoms with Crippen LogP contribution in [-0.4, -0.2) is 45.8 Å². The first-order valence-electron chi connectivity index (χ1n) is 9.85. The van der Waals surface area contributed by atoms with Gasteiger partial charge in [0.1, 0.15) is 24.2 Å². The van der Waals surface area contributed by atoms with Crippen molar-refractivity contribution in [2.45, 2.75) is 52.7 Å². The molecule has 0 spiro atoms. The second-order valence-corrected chi connectivity index (χ2v) is 7.65. The van der Waals surface area contributed by atoms with Gasteiger partial charge in [-0.1, -0.05) is 26.0 Å². The molecule has 160 valence electrons. The van der Waals surface area contributed by atoms with Crippen molar-refractivity contribution in [1.82, 2.24) is 10.3 Å². The van der Waals surface area contributed by atoms with Gasteiger partial charge in [0.15, 0.2) is 12.5 Å². The molecule has 7 nitrogen and oxygen atoms in total. The zero-order chi connectivity index (χ0) is 21.4. The van der Waals surface area contributed by atoms with Crippen LogP contribution in [0.25, 0.3) is 0 Å². The number of aryl methyl sites for hydroxylation is 2. The highest BCUT2D eigenvalue weighted by Gasteiger charge is 2.16. The number of pyridine rings is 1. The highest BCUT2D eigenvalue weighted by Crippen LogP contribution is 2.20. The van der Waals surface area contributed by atoms with Gasteiger partial charge in [0.25, 0.3) is 0 Å². The third kappa shape index (κ3) is 7.98. The first-order valence-corrected chi connectivity index (χ1v) is 9.85. The van der Waals surface area contributed by atoms with E-state index in [0.717, 1.165) is 17.7 Å². The Balaban J connectivity index is 1.89.